The topological polar surface area (TPSA) is 42.0 Å². The number of rotatable bonds is 5. The number of aromatic nitrogens is 1. The van der Waals surface area contributed by atoms with E-state index in [2.05, 4.69) is 40.1 Å². The van der Waals surface area contributed by atoms with E-state index in [9.17, 15) is 4.79 Å². The van der Waals surface area contributed by atoms with Crippen molar-refractivity contribution in [2.24, 2.45) is 0 Å². The lowest BCUT2D eigenvalue weighted by atomic mass is 10.1. The zero-order valence-corrected chi connectivity index (χ0v) is 11.3. The molecule has 0 fully saturated rings. The first kappa shape index (κ1) is 13.2. The molecule has 3 nitrogen and oxygen atoms in total. The van der Waals surface area contributed by atoms with Gasteiger partial charge in [-0.1, -0.05) is 20.3 Å². The summed E-state index contributed by atoms with van der Waals surface area (Å²) in [5.74, 6) is -0.0553. The van der Waals surface area contributed by atoms with Crippen LogP contribution in [0.3, 0.4) is 0 Å². The van der Waals surface area contributed by atoms with E-state index in [0.717, 1.165) is 19.3 Å². The highest BCUT2D eigenvalue weighted by molar-refractivity contribution is 9.10. The van der Waals surface area contributed by atoms with Gasteiger partial charge in [0.05, 0.1) is 5.56 Å². The molecule has 1 heterocycles. The molecular formula is C12H17BrN2O. The van der Waals surface area contributed by atoms with Crippen LogP contribution in [0.25, 0.3) is 0 Å². The summed E-state index contributed by atoms with van der Waals surface area (Å²) in [7, 11) is 0. The van der Waals surface area contributed by atoms with Crippen LogP contribution in [0.4, 0.5) is 0 Å². The lowest BCUT2D eigenvalue weighted by Gasteiger charge is -2.16. The molecule has 1 atom stereocenters. The number of amides is 1. The summed E-state index contributed by atoms with van der Waals surface area (Å²) >= 11 is 3.28. The van der Waals surface area contributed by atoms with Crippen molar-refractivity contribution in [1.82, 2.24) is 10.3 Å². The zero-order valence-electron chi connectivity index (χ0n) is 9.66. The van der Waals surface area contributed by atoms with Gasteiger partial charge in [-0.25, -0.2) is 4.98 Å². The molecule has 0 saturated heterocycles. The number of hydrogen-bond donors (Lipinski definition) is 1. The summed E-state index contributed by atoms with van der Waals surface area (Å²) in [6.07, 6.45) is 4.70. The molecule has 88 valence electrons. The molecule has 0 aliphatic heterocycles. The van der Waals surface area contributed by atoms with Crippen LogP contribution in [0, 0.1) is 0 Å². The fourth-order valence-corrected chi connectivity index (χ4v) is 1.98. The Bertz CT molecular complexity index is 355. The van der Waals surface area contributed by atoms with Crippen molar-refractivity contribution in [3.8, 4) is 0 Å². The van der Waals surface area contributed by atoms with Gasteiger partial charge in [0.1, 0.15) is 4.60 Å². The third-order valence-corrected chi connectivity index (χ3v) is 3.10. The van der Waals surface area contributed by atoms with E-state index in [-0.39, 0.29) is 11.9 Å². The molecule has 0 aliphatic rings. The van der Waals surface area contributed by atoms with Gasteiger partial charge in [0.15, 0.2) is 0 Å². The van der Waals surface area contributed by atoms with E-state index in [1.807, 2.05) is 0 Å². The van der Waals surface area contributed by atoms with Crippen molar-refractivity contribution in [3.05, 3.63) is 28.5 Å². The Morgan fingerprint density at radius 1 is 1.56 bits per heavy atom. The second kappa shape index (κ2) is 6.63. The number of carbonyl (C=O) groups is 1. The first-order chi connectivity index (χ1) is 7.69. The molecule has 0 bridgehead atoms. The molecule has 0 spiro atoms. The summed E-state index contributed by atoms with van der Waals surface area (Å²) in [4.78, 5) is 16.0. The predicted molar refractivity (Wildman–Crippen MR) is 68.4 cm³/mol. The fraction of sp³-hybridized carbons (Fsp3) is 0.500. The van der Waals surface area contributed by atoms with Crippen LogP contribution in [-0.4, -0.2) is 16.9 Å². The Hall–Kier alpha value is -0.900. The van der Waals surface area contributed by atoms with Crippen LogP contribution >= 0.6 is 15.9 Å². The molecule has 16 heavy (non-hydrogen) atoms. The Kier molecular flexibility index (Phi) is 5.46. The second-order valence-electron chi connectivity index (χ2n) is 3.71. The maximum absolute atomic E-state index is 11.9. The first-order valence-electron chi connectivity index (χ1n) is 5.60. The van der Waals surface area contributed by atoms with Crippen LogP contribution in [0.1, 0.15) is 43.5 Å². The van der Waals surface area contributed by atoms with Gasteiger partial charge >= 0.3 is 0 Å². The highest BCUT2D eigenvalue weighted by Gasteiger charge is 2.13. The molecule has 0 aromatic carbocycles. The molecule has 0 aliphatic carbocycles. The molecule has 0 radical (unpaired) electrons. The normalized spacial score (nSPS) is 12.2. The number of pyridine rings is 1. The van der Waals surface area contributed by atoms with Crippen LogP contribution in [0.5, 0.6) is 0 Å². The number of halogens is 1. The van der Waals surface area contributed by atoms with E-state index in [1.165, 1.54) is 0 Å². The standard InChI is InChI=1S/C12H17BrN2O/c1-3-6-9(4-2)15-12(16)10-7-5-8-14-11(10)13/h5,7-9H,3-4,6H2,1-2H3,(H,15,16). The predicted octanol–water partition coefficient (Wildman–Crippen LogP) is 3.15. The summed E-state index contributed by atoms with van der Waals surface area (Å²) in [6, 6.07) is 3.79. The molecule has 0 saturated carbocycles. The molecule has 1 N–H and O–H groups in total. The third-order valence-electron chi connectivity index (χ3n) is 2.47. The highest BCUT2D eigenvalue weighted by Crippen LogP contribution is 2.13. The van der Waals surface area contributed by atoms with Gasteiger partial charge < -0.3 is 5.32 Å². The molecule has 4 heteroatoms. The van der Waals surface area contributed by atoms with Gasteiger partial charge in [0.25, 0.3) is 5.91 Å². The SMILES string of the molecule is CCCC(CC)NC(=O)c1cccnc1Br. The van der Waals surface area contributed by atoms with Crippen molar-refractivity contribution in [2.75, 3.05) is 0 Å². The van der Waals surface area contributed by atoms with Crippen LogP contribution in [0.2, 0.25) is 0 Å². The highest BCUT2D eigenvalue weighted by atomic mass is 79.9. The molecule has 1 rings (SSSR count). The molecular weight excluding hydrogens is 268 g/mol. The average molecular weight is 285 g/mol. The van der Waals surface area contributed by atoms with Crippen LogP contribution in [0.15, 0.2) is 22.9 Å². The first-order valence-corrected chi connectivity index (χ1v) is 6.39. The Labute approximate surface area is 105 Å². The largest absolute Gasteiger partial charge is 0.349 e. The molecule has 1 unspecified atom stereocenters. The van der Waals surface area contributed by atoms with Crippen LogP contribution in [-0.2, 0) is 0 Å². The van der Waals surface area contributed by atoms with Gasteiger partial charge in [-0.2, -0.15) is 0 Å². The fourth-order valence-electron chi connectivity index (χ4n) is 1.55. The van der Waals surface area contributed by atoms with Gasteiger partial charge in [-0.3, -0.25) is 4.79 Å². The van der Waals surface area contributed by atoms with Crippen molar-refractivity contribution < 1.29 is 4.79 Å². The maximum atomic E-state index is 11.9. The van der Waals surface area contributed by atoms with E-state index < -0.39 is 0 Å². The minimum absolute atomic E-state index is 0.0553. The Morgan fingerprint density at radius 2 is 2.31 bits per heavy atom. The smallest absolute Gasteiger partial charge is 0.254 e. The number of hydrogen-bond acceptors (Lipinski definition) is 2. The molecule has 1 aromatic heterocycles. The number of carbonyl (C=O) groups excluding carboxylic acids is 1. The molecule has 1 amide bonds. The van der Waals surface area contributed by atoms with Gasteiger partial charge in [0, 0.05) is 12.2 Å². The second-order valence-corrected chi connectivity index (χ2v) is 4.46. The summed E-state index contributed by atoms with van der Waals surface area (Å²) in [5, 5.41) is 3.02. The average Bonchev–Trinajstić information content (AvgIpc) is 2.28. The van der Waals surface area contributed by atoms with Gasteiger partial charge in [-0.05, 0) is 40.9 Å². The minimum atomic E-state index is -0.0553. The lowest BCUT2D eigenvalue weighted by Crippen LogP contribution is -2.34. The minimum Gasteiger partial charge on any atom is -0.349 e. The van der Waals surface area contributed by atoms with Crippen LogP contribution < -0.4 is 5.32 Å². The van der Waals surface area contributed by atoms with Gasteiger partial charge in [0.2, 0.25) is 0 Å². The van der Waals surface area contributed by atoms with Crippen molar-refractivity contribution in [1.29, 1.82) is 0 Å². The van der Waals surface area contributed by atoms with E-state index in [4.69, 9.17) is 0 Å². The van der Waals surface area contributed by atoms with E-state index in [1.54, 1.807) is 18.3 Å². The van der Waals surface area contributed by atoms with E-state index >= 15 is 0 Å². The van der Waals surface area contributed by atoms with Crippen molar-refractivity contribution in [3.63, 3.8) is 0 Å². The third kappa shape index (κ3) is 3.59. The summed E-state index contributed by atoms with van der Waals surface area (Å²) in [6.45, 7) is 4.20. The van der Waals surface area contributed by atoms with Crippen molar-refractivity contribution >= 4 is 21.8 Å². The number of nitrogens with one attached hydrogen (secondary N) is 1. The Balaban J connectivity index is 2.68. The Morgan fingerprint density at radius 3 is 2.88 bits per heavy atom. The van der Waals surface area contributed by atoms with E-state index in [0.29, 0.717) is 10.2 Å². The van der Waals surface area contributed by atoms with Gasteiger partial charge in [-0.15, -0.1) is 0 Å². The zero-order chi connectivity index (χ0) is 12.0. The number of nitrogens with zero attached hydrogens (tertiary/aromatic N) is 1. The summed E-state index contributed by atoms with van der Waals surface area (Å²) < 4.78 is 0.596. The molecule has 1 aromatic rings. The maximum Gasteiger partial charge on any atom is 0.254 e. The monoisotopic (exact) mass is 284 g/mol. The lowest BCUT2D eigenvalue weighted by molar-refractivity contribution is 0.0932. The van der Waals surface area contributed by atoms with Crippen molar-refractivity contribution in [2.45, 2.75) is 39.2 Å². The summed E-state index contributed by atoms with van der Waals surface area (Å²) in [5.41, 5.74) is 0.594. The quantitative estimate of drug-likeness (QED) is 0.844.